The average molecular weight is 312 g/mol. The van der Waals surface area contributed by atoms with Crippen molar-refractivity contribution in [3.05, 3.63) is 59.7 Å². The first-order chi connectivity index (χ1) is 9.81. The van der Waals surface area contributed by atoms with E-state index in [4.69, 9.17) is 5.73 Å². The largest absolute Gasteiger partial charge is 0.399 e. The monoisotopic (exact) mass is 312 g/mol. The Morgan fingerprint density at radius 1 is 1.05 bits per heavy atom. The predicted molar refractivity (Wildman–Crippen MR) is 75.9 cm³/mol. The molecule has 0 aliphatic carbocycles. The molecule has 1 atom stereocenters. The summed E-state index contributed by atoms with van der Waals surface area (Å²) in [6.45, 7) is 1.57. The summed E-state index contributed by atoms with van der Waals surface area (Å²) in [6, 6.07) is 8.74. The Morgan fingerprint density at radius 2 is 1.57 bits per heavy atom. The van der Waals surface area contributed by atoms with Crippen LogP contribution in [0.4, 0.5) is 14.5 Å². The van der Waals surface area contributed by atoms with Gasteiger partial charge in [-0.1, -0.05) is 18.2 Å². The molecule has 4 nitrogen and oxygen atoms in total. The Morgan fingerprint density at radius 3 is 2.10 bits per heavy atom. The maximum absolute atomic E-state index is 13.6. The SMILES string of the molecule is CC(NS(=O)(=O)c1c(F)cccc1F)c1ccc(N)cc1. The number of halogens is 2. The third kappa shape index (κ3) is 3.37. The molecule has 0 amide bonds. The molecule has 2 aromatic carbocycles. The van der Waals surface area contributed by atoms with Crippen molar-refractivity contribution in [1.29, 1.82) is 0 Å². The van der Waals surface area contributed by atoms with Crippen LogP contribution in [-0.2, 0) is 10.0 Å². The molecular weight excluding hydrogens is 298 g/mol. The van der Waals surface area contributed by atoms with E-state index < -0.39 is 32.6 Å². The second-order valence-electron chi connectivity index (χ2n) is 4.56. The Hall–Kier alpha value is -1.99. The number of nitrogen functional groups attached to an aromatic ring is 1. The lowest BCUT2D eigenvalue weighted by Gasteiger charge is -2.15. The van der Waals surface area contributed by atoms with Gasteiger partial charge >= 0.3 is 0 Å². The fraction of sp³-hybridized carbons (Fsp3) is 0.143. The topological polar surface area (TPSA) is 72.2 Å². The summed E-state index contributed by atoms with van der Waals surface area (Å²) in [5, 5.41) is 0. The smallest absolute Gasteiger partial charge is 0.246 e. The molecule has 21 heavy (non-hydrogen) atoms. The van der Waals surface area contributed by atoms with E-state index in [1.165, 1.54) is 0 Å². The van der Waals surface area contributed by atoms with Gasteiger partial charge in [-0.25, -0.2) is 21.9 Å². The molecule has 0 heterocycles. The van der Waals surface area contributed by atoms with Gasteiger partial charge in [0.15, 0.2) is 4.90 Å². The van der Waals surface area contributed by atoms with Crippen molar-refractivity contribution in [3.63, 3.8) is 0 Å². The number of hydrogen-bond donors (Lipinski definition) is 2. The van der Waals surface area contributed by atoms with E-state index in [0.717, 1.165) is 18.2 Å². The Labute approximate surface area is 121 Å². The fourth-order valence-corrected chi connectivity index (χ4v) is 3.25. The van der Waals surface area contributed by atoms with Crippen molar-refractivity contribution in [2.45, 2.75) is 17.9 Å². The van der Waals surface area contributed by atoms with Crippen LogP contribution in [0.1, 0.15) is 18.5 Å². The molecule has 2 aromatic rings. The van der Waals surface area contributed by atoms with Crippen LogP contribution in [-0.4, -0.2) is 8.42 Å². The molecule has 7 heteroatoms. The van der Waals surface area contributed by atoms with Crippen molar-refractivity contribution < 1.29 is 17.2 Å². The van der Waals surface area contributed by atoms with Gasteiger partial charge in [0.2, 0.25) is 10.0 Å². The van der Waals surface area contributed by atoms with Gasteiger partial charge < -0.3 is 5.73 Å². The number of benzene rings is 2. The van der Waals surface area contributed by atoms with Gasteiger partial charge in [-0.3, -0.25) is 0 Å². The van der Waals surface area contributed by atoms with Gasteiger partial charge in [0.1, 0.15) is 11.6 Å². The Balaban J connectivity index is 2.31. The summed E-state index contributed by atoms with van der Waals surface area (Å²) in [7, 11) is -4.31. The Kier molecular flexibility index (Phi) is 4.24. The lowest BCUT2D eigenvalue weighted by Crippen LogP contribution is -2.28. The van der Waals surface area contributed by atoms with E-state index in [-0.39, 0.29) is 0 Å². The average Bonchev–Trinajstić information content (AvgIpc) is 2.38. The zero-order chi connectivity index (χ0) is 15.6. The van der Waals surface area contributed by atoms with Crippen molar-refractivity contribution in [2.75, 3.05) is 5.73 Å². The van der Waals surface area contributed by atoms with Gasteiger partial charge in [-0.15, -0.1) is 0 Å². The molecule has 2 rings (SSSR count). The molecule has 112 valence electrons. The standard InChI is InChI=1S/C14H14F2N2O2S/c1-9(10-5-7-11(17)8-6-10)18-21(19,20)14-12(15)3-2-4-13(14)16/h2-9,18H,17H2,1H3. The van der Waals surface area contributed by atoms with E-state index in [2.05, 4.69) is 4.72 Å². The van der Waals surface area contributed by atoms with Gasteiger partial charge in [-0.2, -0.15) is 0 Å². The van der Waals surface area contributed by atoms with Crippen molar-refractivity contribution in [3.8, 4) is 0 Å². The molecule has 0 radical (unpaired) electrons. The summed E-state index contributed by atoms with van der Waals surface area (Å²) in [4.78, 5) is -0.979. The molecule has 3 N–H and O–H groups in total. The summed E-state index contributed by atoms with van der Waals surface area (Å²) >= 11 is 0. The number of rotatable bonds is 4. The van der Waals surface area contributed by atoms with E-state index in [9.17, 15) is 17.2 Å². The zero-order valence-corrected chi connectivity index (χ0v) is 12.0. The Bertz CT molecular complexity index is 726. The molecule has 0 spiro atoms. The van der Waals surface area contributed by atoms with Crippen molar-refractivity contribution in [1.82, 2.24) is 4.72 Å². The second-order valence-corrected chi connectivity index (χ2v) is 6.21. The van der Waals surface area contributed by atoms with E-state index in [1.54, 1.807) is 31.2 Å². The molecule has 0 aliphatic rings. The minimum atomic E-state index is -4.31. The number of sulfonamides is 1. The lowest BCUT2D eigenvalue weighted by molar-refractivity contribution is 0.509. The van der Waals surface area contributed by atoms with Gasteiger partial charge in [-0.05, 0) is 36.8 Å². The molecular formula is C14H14F2N2O2S. The molecule has 0 fully saturated rings. The normalized spacial score (nSPS) is 13.1. The number of nitrogens with one attached hydrogen (secondary N) is 1. The maximum atomic E-state index is 13.6. The van der Waals surface area contributed by atoms with E-state index >= 15 is 0 Å². The fourth-order valence-electron chi connectivity index (χ4n) is 1.88. The first-order valence-electron chi connectivity index (χ1n) is 6.13. The molecule has 0 bridgehead atoms. The summed E-state index contributed by atoms with van der Waals surface area (Å²) in [5.74, 6) is -2.26. The lowest BCUT2D eigenvalue weighted by atomic mass is 10.1. The molecule has 0 saturated carbocycles. The highest BCUT2D eigenvalue weighted by molar-refractivity contribution is 7.89. The second kappa shape index (κ2) is 5.79. The van der Waals surface area contributed by atoms with Crippen LogP contribution in [0.5, 0.6) is 0 Å². The quantitative estimate of drug-likeness (QED) is 0.852. The minimum absolute atomic E-state index is 0.536. The highest BCUT2D eigenvalue weighted by atomic mass is 32.2. The molecule has 1 unspecified atom stereocenters. The highest BCUT2D eigenvalue weighted by Crippen LogP contribution is 2.22. The summed E-state index contributed by atoms with van der Waals surface area (Å²) < 4.78 is 53.6. The zero-order valence-electron chi connectivity index (χ0n) is 11.2. The van der Waals surface area contributed by atoms with Crippen LogP contribution in [0, 0.1) is 11.6 Å². The molecule has 0 saturated heterocycles. The third-order valence-electron chi connectivity index (χ3n) is 2.96. The van der Waals surface area contributed by atoms with Crippen LogP contribution in [0.15, 0.2) is 47.4 Å². The number of hydrogen-bond acceptors (Lipinski definition) is 3. The number of nitrogens with two attached hydrogens (primary N) is 1. The van der Waals surface area contributed by atoms with Gasteiger partial charge in [0.25, 0.3) is 0 Å². The predicted octanol–water partition coefficient (Wildman–Crippen LogP) is 2.59. The third-order valence-corrected chi connectivity index (χ3v) is 4.55. The first-order valence-corrected chi connectivity index (χ1v) is 7.61. The highest BCUT2D eigenvalue weighted by Gasteiger charge is 2.25. The van der Waals surface area contributed by atoms with Crippen LogP contribution in [0.25, 0.3) is 0 Å². The van der Waals surface area contributed by atoms with Crippen molar-refractivity contribution in [2.24, 2.45) is 0 Å². The minimum Gasteiger partial charge on any atom is -0.399 e. The maximum Gasteiger partial charge on any atom is 0.246 e. The van der Waals surface area contributed by atoms with E-state index in [1.807, 2.05) is 0 Å². The summed E-state index contributed by atoms with van der Waals surface area (Å²) in [5.41, 5.74) is 6.71. The van der Waals surface area contributed by atoms with Gasteiger partial charge in [0.05, 0.1) is 0 Å². The van der Waals surface area contributed by atoms with Crippen LogP contribution >= 0.6 is 0 Å². The number of anilines is 1. The summed E-state index contributed by atoms with van der Waals surface area (Å²) in [6.07, 6.45) is 0. The van der Waals surface area contributed by atoms with Crippen LogP contribution in [0.2, 0.25) is 0 Å². The molecule has 0 aliphatic heterocycles. The van der Waals surface area contributed by atoms with Crippen LogP contribution in [0.3, 0.4) is 0 Å². The first kappa shape index (κ1) is 15.4. The van der Waals surface area contributed by atoms with Crippen LogP contribution < -0.4 is 10.5 Å². The molecule has 0 aromatic heterocycles. The van der Waals surface area contributed by atoms with E-state index in [0.29, 0.717) is 11.3 Å². The van der Waals surface area contributed by atoms with Crippen molar-refractivity contribution >= 4 is 15.7 Å². The van der Waals surface area contributed by atoms with Gasteiger partial charge in [0, 0.05) is 11.7 Å².